The fraction of sp³-hybridized carbons (Fsp3) is 0.333. The van der Waals surface area contributed by atoms with Gasteiger partial charge in [-0.15, -0.1) is 0 Å². The van der Waals surface area contributed by atoms with E-state index in [4.69, 9.17) is 16.3 Å². The van der Waals surface area contributed by atoms with Gasteiger partial charge in [0, 0.05) is 13.1 Å². The number of halogens is 2. The van der Waals surface area contributed by atoms with E-state index in [1.165, 1.54) is 19.2 Å². The Morgan fingerprint density at radius 2 is 2.19 bits per heavy atom. The molecule has 2 rings (SSSR count). The van der Waals surface area contributed by atoms with Gasteiger partial charge in [-0.3, -0.25) is 9.48 Å². The summed E-state index contributed by atoms with van der Waals surface area (Å²) in [7, 11) is 3.16. The Bertz CT molecular complexity index is 683. The average Bonchev–Trinajstić information content (AvgIpc) is 2.74. The predicted molar refractivity (Wildman–Crippen MR) is 78.6 cm³/mol. The van der Waals surface area contributed by atoms with Crippen molar-refractivity contribution in [2.75, 3.05) is 7.11 Å². The second kappa shape index (κ2) is 6.26. The monoisotopic (exact) mass is 310 g/mol. The molecule has 0 saturated heterocycles. The van der Waals surface area contributed by atoms with E-state index in [1.54, 1.807) is 17.8 Å². The predicted octanol–water partition coefficient (Wildman–Crippen LogP) is 3.21. The molecule has 1 heterocycles. The van der Waals surface area contributed by atoms with Gasteiger partial charge in [-0.2, -0.15) is 5.10 Å². The van der Waals surface area contributed by atoms with E-state index in [9.17, 15) is 9.18 Å². The summed E-state index contributed by atoms with van der Waals surface area (Å²) in [5.41, 5.74) is 1.34. The molecular formula is C15H16ClFN2O2. The van der Waals surface area contributed by atoms with E-state index in [1.807, 2.05) is 6.92 Å². The summed E-state index contributed by atoms with van der Waals surface area (Å²) >= 11 is 6.20. The standard InChI is InChI=1S/C15H16ClFN2O2/c1-4-12-15(16)13(19(2)18-12)8-14(20)10-6-5-9(21-3)7-11(10)17/h5-7H,4,8H2,1-3H3. The van der Waals surface area contributed by atoms with Crippen LogP contribution >= 0.6 is 11.6 Å². The van der Waals surface area contributed by atoms with Crippen LogP contribution in [0.15, 0.2) is 18.2 Å². The van der Waals surface area contributed by atoms with Crippen molar-refractivity contribution in [3.8, 4) is 5.75 Å². The molecule has 1 aromatic heterocycles. The zero-order valence-corrected chi connectivity index (χ0v) is 12.9. The zero-order chi connectivity index (χ0) is 15.6. The van der Waals surface area contributed by atoms with Gasteiger partial charge in [0.2, 0.25) is 0 Å². The normalized spacial score (nSPS) is 10.7. The number of Topliss-reactive ketones (excluding diaryl/α,β-unsaturated/α-hetero) is 1. The molecule has 21 heavy (non-hydrogen) atoms. The van der Waals surface area contributed by atoms with Crippen LogP contribution in [0.3, 0.4) is 0 Å². The summed E-state index contributed by atoms with van der Waals surface area (Å²) in [4.78, 5) is 12.3. The first-order valence-corrected chi connectivity index (χ1v) is 6.92. The van der Waals surface area contributed by atoms with Crippen molar-refractivity contribution in [3.63, 3.8) is 0 Å². The number of aromatic nitrogens is 2. The van der Waals surface area contributed by atoms with Crippen LogP contribution in [0.25, 0.3) is 0 Å². The molecule has 6 heteroatoms. The highest BCUT2D eigenvalue weighted by Gasteiger charge is 2.19. The lowest BCUT2D eigenvalue weighted by atomic mass is 10.1. The number of hydrogen-bond donors (Lipinski definition) is 0. The molecule has 0 fully saturated rings. The van der Waals surface area contributed by atoms with E-state index in [-0.39, 0.29) is 17.8 Å². The summed E-state index contributed by atoms with van der Waals surface area (Å²) in [6, 6.07) is 4.16. The minimum atomic E-state index is -0.603. The fourth-order valence-corrected chi connectivity index (χ4v) is 2.47. The van der Waals surface area contributed by atoms with Crippen molar-refractivity contribution in [1.29, 1.82) is 0 Å². The van der Waals surface area contributed by atoms with Crippen molar-refractivity contribution < 1.29 is 13.9 Å². The maximum atomic E-state index is 13.9. The Balaban J connectivity index is 2.28. The van der Waals surface area contributed by atoms with E-state index in [0.29, 0.717) is 22.9 Å². The number of ketones is 1. The van der Waals surface area contributed by atoms with Crippen LogP contribution < -0.4 is 4.74 Å². The van der Waals surface area contributed by atoms with Crippen LogP contribution in [0.2, 0.25) is 5.02 Å². The largest absolute Gasteiger partial charge is 0.497 e. The van der Waals surface area contributed by atoms with Gasteiger partial charge in [0.15, 0.2) is 5.78 Å². The van der Waals surface area contributed by atoms with Gasteiger partial charge in [-0.1, -0.05) is 18.5 Å². The molecule has 0 bridgehead atoms. The van der Waals surface area contributed by atoms with Gasteiger partial charge in [-0.25, -0.2) is 4.39 Å². The number of aryl methyl sites for hydroxylation is 2. The summed E-state index contributed by atoms with van der Waals surface area (Å²) in [6.07, 6.45) is 0.684. The van der Waals surface area contributed by atoms with Gasteiger partial charge in [0.1, 0.15) is 11.6 Å². The molecule has 0 aliphatic carbocycles. The van der Waals surface area contributed by atoms with E-state index >= 15 is 0 Å². The number of rotatable bonds is 5. The summed E-state index contributed by atoms with van der Waals surface area (Å²) in [5, 5.41) is 4.72. The molecule has 0 radical (unpaired) electrons. The van der Waals surface area contributed by atoms with Crippen LogP contribution in [0, 0.1) is 5.82 Å². The Morgan fingerprint density at radius 1 is 1.48 bits per heavy atom. The lowest BCUT2D eigenvalue weighted by Gasteiger charge is -2.06. The summed E-state index contributed by atoms with van der Waals surface area (Å²) in [6.45, 7) is 1.93. The minimum absolute atomic E-state index is 0.00554. The van der Waals surface area contributed by atoms with Crippen LogP contribution in [0.5, 0.6) is 5.75 Å². The first kappa shape index (κ1) is 15.5. The van der Waals surface area contributed by atoms with Crippen LogP contribution in [0.1, 0.15) is 28.7 Å². The van der Waals surface area contributed by atoms with Gasteiger partial charge >= 0.3 is 0 Å². The second-order valence-corrected chi connectivity index (χ2v) is 5.01. The number of nitrogens with zero attached hydrogens (tertiary/aromatic N) is 2. The molecule has 0 aliphatic rings. The minimum Gasteiger partial charge on any atom is -0.497 e. The van der Waals surface area contributed by atoms with Gasteiger partial charge in [-0.05, 0) is 18.6 Å². The molecule has 0 aliphatic heterocycles. The highest BCUT2D eigenvalue weighted by atomic mass is 35.5. The molecular weight excluding hydrogens is 295 g/mol. The highest BCUT2D eigenvalue weighted by molar-refractivity contribution is 6.32. The Hall–Kier alpha value is -1.88. The quantitative estimate of drug-likeness (QED) is 0.797. The third kappa shape index (κ3) is 3.08. The number of carbonyl (C=O) groups excluding carboxylic acids is 1. The molecule has 0 unspecified atom stereocenters. The molecule has 0 amide bonds. The summed E-state index contributed by atoms with van der Waals surface area (Å²) in [5.74, 6) is -0.577. The highest BCUT2D eigenvalue weighted by Crippen LogP contribution is 2.23. The smallest absolute Gasteiger partial charge is 0.171 e. The number of ether oxygens (including phenoxy) is 1. The van der Waals surface area contributed by atoms with Crippen molar-refractivity contribution in [3.05, 3.63) is 46.0 Å². The van der Waals surface area contributed by atoms with Crippen molar-refractivity contribution in [2.24, 2.45) is 7.05 Å². The first-order chi connectivity index (χ1) is 9.97. The summed E-state index contributed by atoms with van der Waals surface area (Å²) < 4.78 is 20.4. The zero-order valence-electron chi connectivity index (χ0n) is 12.1. The molecule has 0 spiro atoms. The average molecular weight is 311 g/mol. The van der Waals surface area contributed by atoms with Crippen molar-refractivity contribution in [1.82, 2.24) is 9.78 Å². The molecule has 4 nitrogen and oxygen atoms in total. The molecule has 2 aromatic rings. The van der Waals surface area contributed by atoms with Crippen LogP contribution in [-0.2, 0) is 19.9 Å². The molecule has 0 atom stereocenters. The van der Waals surface area contributed by atoms with Crippen molar-refractivity contribution >= 4 is 17.4 Å². The number of benzene rings is 1. The number of hydrogen-bond acceptors (Lipinski definition) is 3. The molecule has 0 N–H and O–H groups in total. The lowest BCUT2D eigenvalue weighted by molar-refractivity contribution is 0.0987. The molecule has 112 valence electrons. The second-order valence-electron chi connectivity index (χ2n) is 4.63. The van der Waals surface area contributed by atoms with E-state index in [0.717, 1.165) is 5.69 Å². The van der Waals surface area contributed by atoms with Crippen LogP contribution in [-0.4, -0.2) is 22.7 Å². The Morgan fingerprint density at radius 3 is 2.71 bits per heavy atom. The van der Waals surface area contributed by atoms with E-state index in [2.05, 4.69) is 5.10 Å². The Kier molecular flexibility index (Phi) is 4.63. The third-order valence-corrected chi connectivity index (χ3v) is 3.74. The topological polar surface area (TPSA) is 44.1 Å². The molecule has 1 aromatic carbocycles. The van der Waals surface area contributed by atoms with Crippen LogP contribution in [0.4, 0.5) is 4.39 Å². The van der Waals surface area contributed by atoms with E-state index < -0.39 is 5.82 Å². The van der Waals surface area contributed by atoms with Crippen molar-refractivity contribution in [2.45, 2.75) is 19.8 Å². The number of methoxy groups -OCH3 is 1. The lowest BCUT2D eigenvalue weighted by Crippen LogP contribution is -2.10. The fourth-order valence-electron chi connectivity index (χ4n) is 2.11. The maximum absolute atomic E-state index is 13.9. The number of carbonyl (C=O) groups is 1. The maximum Gasteiger partial charge on any atom is 0.171 e. The third-order valence-electron chi connectivity index (χ3n) is 3.31. The van der Waals surface area contributed by atoms with Gasteiger partial charge < -0.3 is 4.74 Å². The first-order valence-electron chi connectivity index (χ1n) is 6.54. The SMILES string of the molecule is CCc1nn(C)c(CC(=O)c2ccc(OC)cc2F)c1Cl. The van der Waals surface area contributed by atoms with Gasteiger partial charge in [0.25, 0.3) is 0 Å². The van der Waals surface area contributed by atoms with Gasteiger partial charge in [0.05, 0.1) is 35.5 Å². The Labute approximate surface area is 127 Å². The molecule has 0 saturated carbocycles.